The van der Waals surface area contributed by atoms with Gasteiger partial charge in [0, 0.05) is 5.57 Å². The van der Waals surface area contributed by atoms with Gasteiger partial charge >= 0.3 is 5.97 Å². The van der Waals surface area contributed by atoms with E-state index in [0.29, 0.717) is 6.42 Å². The Morgan fingerprint density at radius 3 is 2.05 bits per heavy atom. The van der Waals surface area contributed by atoms with Crippen LogP contribution in [-0.4, -0.2) is 35.6 Å². The molecule has 116 valence electrons. The smallest absolute Gasteiger partial charge is 0.331 e. The van der Waals surface area contributed by atoms with Crippen molar-refractivity contribution in [2.75, 3.05) is 19.6 Å². The molecule has 1 rings (SSSR count). The monoisotopic (exact) mass is 289 g/mol. The number of allylic oxidation sites excluding steroid dienone is 1. The molecule has 0 aliphatic carbocycles. The number of hydrogen-bond donors (Lipinski definition) is 1. The molecule has 0 aliphatic heterocycles. The summed E-state index contributed by atoms with van der Waals surface area (Å²) in [5, 5.41) is 8.55. The van der Waals surface area contributed by atoms with Gasteiger partial charge in [0.25, 0.3) is 0 Å². The topological polar surface area (TPSA) is 40.5 Å². The van der Waals surface area contributed by atoms with Crippen LogP contribution in [0.5, 0.6) is 0 Å². The van der Waals surface area contributed by atoms with Crippen LogP contribution in [0.2, 0.25) is 0 Å². The second-order valence-corrected chi connectivity index (χ2v) is 4.55. The van der Waals surface area contributed by atoms with E-state index in [0.717, 1.165) is 5.56 Å². The Labute approximate surface area is 128 Å². The van der Waals surface area contributed by atoms with E-state index in [2.05, 4.69) is 32.3 Å². The van der Waals surface area contributed by atoms with Crippen LogP contribution in [-0.2, 0) is 4.79 Å². The molecule has 0 radical (unpaired) electrons. The maximum atomic E-state index is 10.4. The Bertz CT molecular complexity index is 428. The van der Waals surface area contributed by atoms with E-state index in [1.807, 2.05) is 36.4 Å². The number of carboxylic acid groups (broad SMARTS) is 1. The predicted molar refractivity (Wildman–Crippen MR) is 90.3 cm³/mol. The molecule has 0 saturated carbocycles. The van der Waals surface area contributed by atoms with Gasteiger partial charge in [0.05, 0.1) is 0 Å². The highest BCUT2D eigenvalue weighted by atomic mass is 16.4. The van der Waals surface area contributed by atoms with Gasteiger partial charge < -0.3 is 10.0 Å². The maximum absolute atomic E-state index is 10.4. The lowest BCUT2D eigenvalue weighted by molar-refractivity contribution is -0.132. The molecular weight excluding hydrogens is 262 g/mol. The Balaban J connectivity index is 0.000000486. The van der Waals surface area contributed by atoms with Crippen LogP contribution >= 0.6 is 0 Å². The highest BCUT2D eigenvalue weighted by molar-refractivity contribution is 5.86. The van der Waals surface area contributed by atoms with Crippen LogP contribution in [0.25, 0.3) is 6.08 Å². The Morgan fingerprint density at radius 1 is 1.14 bits per heavy atom. The van der Waals surface area contributed by atoms with Gasteiger partial charge in [-0.25, -0.2) is 4.79 Å². The van der Waals surface area contributed by atoms with E-state index in [9.17, 15) is 4.79 Å². The summed E-state index contributed by atoms with van der Waals surface area (Å²) < 4.78 is 0. The van der Waals surface area contributed by atoms with Gasteiger partial charge in [-0.1, -0.05) is 69.8 Å². The van der Waals surface area contributed by atoms with Gasteiger partial charge in [0.1, 0.15) is 0 Å². The van der Waals surface area contributed by atoms with Crippen molar-refractivity contribution < 1.29 is 9.90 Å². The molecule has 0 heterocycles. The first-order valence-electron chi connectivity index (χ1n) is 7.40. The number of aliphatic carboxylic acids is 1. The maximum Gasteiger partial charge on any atom is 0.331 e. The molecular formula is C18H27NO2. The molecule has 0 saturated heterocycles. The van der Waals surface area contributed by atoms with Crippen LogP contribution < -0.4 is 0 Å². The Hall–Kier alpha value is -1.87. The first-order valence-corrected chi connectivity index (χ1v) is 7.40. The predicted octanol–water partition coefficient (Wildman–Crippen LogP) is 4.08. The third kappa shape index (κ3) is 9.63. The average molecular weight is 289 g/mol. The van der Waals surface area contributed by atoms with Crippen molar-refractivity contribution in [1.82, 2.24) is 4.90 Å². The van der Waals surface area contributed by atoms with Crippen LogP contribution in [0.1, 0.15) is 32.8 Å². The standard InChI is InChI=1S/C12H12O2.C6H15N/c1-10(12(13)14)6-5-9-11-7-3-2-4-8-11;1-4-7(5-2)6-3/h2-5,7-9H,1,6H2,(H,13,14);4-6H2,1-3H3. The molecule has 0 atom stereocenters. The molecule has 0 unspecified atom stereocenters. The second kappa shape index (κ2) is 11.9. The van der Waals surface area contributed by atoms with Crippen molar-refractivity contribution >= 4 is 12.0 Å². The number of benzene rings is 1. The third-order valence-electron chi connectivity index (χ3n) is 3.12. The van der Waals surface area contributed by atoms with Crippen molar-refractivity contribution in [3.05, 3.63) is 54.1 Å². The van der Waals surface area contributed by atoms with E-state index in [4.69, 9.17) is 5.11 Å². The molecule has 0 amide bonds. The highest BCUT2D eigenvalue weighted by Gasteiger charge is 1.99. The summed E-state index contributed by atoms with van der Waals surface area (Å²) in [6, 6.07) is 9.73. The lowest BCUT2D eigenvalue weighted by Crippen LogP contribution is -2.21. The highest BCUT2D eigenvalue weighted by Crippen LogP contribution is 2.05. The first kappa shape index (κ1) is 19.1. The molecule has 1 N–H and O–H groups in total. The number of carboxylic acids is 1. The number of nitrogens with zero attached hydrogens (tertiary/aromatic N) is 1. The van der Waals surface area contributed by atoms with Gasteiger partial charge in [-0.15, -0.1) is 0 Å². The van der Waals surface area contributed by atoms with E-state index in [1.165, 1.54) is 19.6 Å². The summed E-state index contributed by atoms with van der Waals surface area (Å²) in [6.45, 7) is 13.6. The minimum Gasteiger partial charge on any atom is -0.478 e. The zero-order chi connectivity index (χ0) is 16.1. The lowest BCUT2D eigenvalue weighted by Gasteiger charge is -2.13. The van der Waals surface area contributed by atoms with Crippen molar-refractivity contribution in [2.24, 2.45) is 0 Å². The Morgan fingerprint density at radius 2 is 1.67 bits per heavy atom. The van der Waals surface area contributed by atoms with Gasteiger partial charge in [-0.3, -0.25) is 0 Å². The van der Waals surface area contributed by atoms with Crippen molar-refractivity contribution in [1.29, 1.82) is 0 Å². The van der Waals surface area contributed by atoms with E-state index < -0.39 is 5.97 Å². The molecule has 0 bridgehead atoms. The summed E-state index contributed by atoms with van der Waals surface area (Å²) in [6.07, 6.45) is 4.06. The molecule has 0 aliphatic rings. The summed E-state index contributed by atoms with van der Waals surface area (Å²) in [7, 11) is 0. The SMILES string of the molecule is C=C(CC=Cc1ccccc1)C(=O)O.CCN(CC)CC. The molecule has 3 nitrogen and oxygen atoms in total. The van der Waals surface area contributed by atoms with Crippen molar-refractivity contribution in [2.45, 2.75) is 27.2 Å². The van der Waals surface area contributed by atoms with E-state index >= 15 is 0 Å². The Kier molecular flexibility index (Phi) is 10.9. The summed E-state index contributed by atoms with van der Waals surface area (Å²) in [5.41, 5.74) is 1.27. The van der Waals surface area contributed by atoms with Crippen molar-refractivity contribution in [3.8, 4) is 0 Å². The minimum absolute atomic E-state index is 0.206. The van der Waals surface area contributed by atoms with E-state index in [1.54, 1.807) is 6.08 Å². The van der Waals surface area contributed by atoms with Crippen LogP contribution in [0.15, 0.2) is 48.6 Å². The third-order valence-corrected chi connectivity index (χ3v) is 3.12. The lowest BCUT2D eigenvalue weighted by atomic mass is 10.1. The number of carbonyl (C=O) groups is 1. The summed E-state index contributed by atoms with van der Waals surface area (Å²) in [4.78, 5) is 12.8. The fourth-order valence-electron chi connectivity index (χ4n) is 1.66. The van der Waals surface area contributed by atoms with Crippen LogP contribution in [0.4, 0.5) is 0 Å². The fourth-order valence-corrected chi connectivity index (χ4v) is 1.66. The molecule has 0 fully saturated rings. The normalized spacial score (nSPS) is 10.3. The second-order valence-electron chi connectivity index (χ2n) is 4.55. The van der Waals surface area contributed by atoms with Crippen molar-refractivity contribution in [3.63, 3.8) is 0 Å². The molecule has 3 heteroatoms. The molecule has 21 heavy (non-hydrogen) atoms. The summed E-state index contributed by atoms with van der Waals surface area (Å²) >= 11 is 0. The first-order chi connectivity index (χ1) is 10.0. The van der Waals surface area contributed by atoms with Crippen LogP contribution in [0, 0.1) is 0 Å². The zero-order valence-corrected chi connectivity index (χ0v) is 13.4. The molecule has 1 aromatic carbocycles. The molecule has 0 spiro atoms. The van der Waals surface area contributed by atoms with Gasteiger partial charge in [-0.05, 0) is 31.6 Å². The quantitative estimate of drug-likeness (QED) is 0.769. The number of hydrogen-bond acceptors (Lipinski definition) is 2. The average Bonchev–Trinajstić information content (AvgIpc) is 2.50. The number of rotatable bonds is 7. The zero-order valence-electron chi connectivity index (χ0n) is 13.4. The molecule has 1 aromatic rings. The van der Waals surface area contributed by atoms with Gasteiger partial charge in [0.15, 0.2) is 0 Å². The van der Waals surface area contributed by atoms with Gasteiger partial charge in [-0.2, -0.15) is 0 Å². The van der Waals surface area contributed by atoms with Gasteiger partial charge in [0.2, 0.25) is 0 Å². The minimum atomic E-state index is -0.942. The summed E-state index contributed by atoms with van der Waals surface area (Å²) in [5.74, 6) is -0.942. The molecule has 0 aromatic heterocycles. The largest absolute Gasteiger partial charge is 0.478 e. The van der Waals surface area contributed by atoms with E-state index in [-0.39, 0.29) is 5.57 Å². The fraction of sp³-hybridized carbons (Fsp3) is 0.389. The van der Waals surface area contributed by atoms with Crippen LogP contribution in [0.3, 0.4) is 0 Å².